The highest BCUT2D eigenvalue weighted by Crippen LogP contribution is 2.40. The minimum atomic E-state index is -0.283. The smallest absolute Gasteiger partial charge is 0.247 e. The van der Waals surface area contributed by atoms with Crippen LogP contribution in [-0.2, 0) is 9.63 Å². The van der Waals surface area contributed by atoms with E-state index in [1.54, 1.807) is 18.2 Å². The molecule has 12 heteroatoms. The molecule has 12 nitrogen and oxygen atoms in total. The Balaban J connectivity index is 1.20. The van der Waals surface area contributed by atoms with Crippen molar-refractivity contribution < 1.29 is 14.4 Å². The Hall–Kier alpha value is -4.70. The fourth-order valence-electron chi connectivity index (χ4n) is 7.01. The summed E-state index contributed by atoms with van der Waals surface area (Å²) in [4.78, 5) is 35.1. The van der Waals surface area contributed by atoms with E-state index >= 15 is 0 Å². The number of piperazine rings is 1. The predicted molar refractivity (Wildman–Crippen MR) is 188 cm³/mol. The number of carbonyl (C=O) groups is 1. The van der Waals surface area contributed by atoms with Gasteiger partial charge in [-0.25, -0.2) is 15.0 Å². The molecular formula is C36H45N9O3. The molecule has 0 spiro atoms. The molecule has 3 fully saturated rings. The number of piperidine rings is 1. The lowest BCUT2D eigenvalue weighted by Crippen LogP contribution is -2.53. The number of benzene rings is 2. The molecular weight excluding hydrogens is 606 g/mol. The van der Waals surface area contributed by atoms with Crippen molar-refractivity contribution in [1.82, 2.24) is 19.8 Å². The number of amides is 1. The van der Waals surface area contributed by atoms with Gasteiger partial charge in [0, 0.05) is 63.9 Å². The van der Waals surface area contributed by atoms with Crippen LogP contribution in [0.25, 0.3) is 0 Å². The summed E-state index contributed by atoms with van der Waals surface area (Å²) in [6.45, 7) is 13.9. The number of ether oxygens (including phenoxy) is 1. The van der Waals surface area contributed by atoms with Crippen molar-refractivity contribution in [3.05, 3.63) is 72.6 Å². The average Bonchev–Trinajstić information content (AvgIpc) is 3.63. The van der Waals surface area contributed by atoms with Gasteiger partial charge in [0.05, 0.1) is 48.5 Å². The highest BCUT2D eigenvalue weighted by molar-refractivity contribution is 6.02. The average molecular weight is 652 g/mol. The third kappa shape index (κ3) is 7.54. The van der Waals surface area contributed by atoms with E-state index in [1.807, 2.05) is 36.4 Å². The third-order valence-corrected chi connectivity index (χ3v) is 9.48. The number of aromatic nitrogens is 2. The normalized spacial score (nSPS) is 19.1. The Labute approximate surface area is 282 Å². The lowest BCUT2D eigenvalue weighted by atomic mass is 10.0. The van der Waals surface area contributed by atoms with Crippen LogP contribution in [0.2, 0.25) is 0 Å². The Morgan fingerprint density at radius 1 is 1.08 bits per heavy atom. The first-order valence-electron chi connectivity index (χ1n) is 16.9. The van der Waals surface area contributed by atoms with Crippen molar-refractivity contribution in [2.24, 2.45) is 0 Å². The highest BCUT2D eigenvalue weighted by atomic mass is 16.7. The van der Waals surface area contributed by atoms with E-state index in [-0.39, 0.29) is 11.9 Å². The Bertz CT molecular complexity index is 1630. The van der Waals surface area contributed by atoms with E-state index < -0.39 is 0 Å². The second-order valence-electron chi connectivity index (χ2n) is 12.4. The number of nitriles is 1. The van der Waals surface area contributed by atoms with Gasteiger partial charge in [-0.15, -0.1) is 0 Å². The SMILES string of the molecule is C=CC(=O)Nc1cc(Nc2cc(N3OCCC3c3cccc(C#N)c3)ncn2)c(OC)cc1N1CCC(N2CCN(CCC)CC2)CC1. The van der Waals surface area contributed by atoms with Gasteiger partial charge in [0.25, 0.3) is 0 Å². The first-order valence-corrected chi connectivity index (χ1v) is 16.9. The van der Waals surface area contributed by atoms with Crippen molar-refractivity contribution in [1.29, 1.82) is 5.26 Å². The van der Waals surface area contributed by atoms with Crippen molar-refractivity contribution in [3.63, 3.8) is 0 Å². The van der Waals surface area contributed by atoms with Crippen LogP contribution in [0.5, 0.6) is 5.75 Å². The number of nitrogens with zero attached hydrogens (tertiary/aromatic N) is 7. The van der Waals surface area contributed by atoms with Crippen LogP contribution >= 0.6 is 0 Å². The summed E-state index contributed by atoms with van der Waals surface area (Å²) in [6.07, 6.45) is 6.85. The number of hydroxylamine groups is 1. The zero-order valence-electron chi connectivity index (χ0n) is 27.9. The van der Waals surface area contributed by atoms with Gasteiger partial charge in [0.2, 0.25) is 5.91 Å². The molecule has 4 heterocycles. The molecule has 1 aromatic heterocycles. The van der Waals surface area contributed by atoms with Gasteiger partial charge in [-0.05, 0) is 55.6 Å². The second kappa shape index (κ2) is 15.5. The molecule has 0 saturated carbocycles. The topological polar surface area (TPSA) is 122 Å². The van der Waals surface area contributed by atoms with Gasteiger partial charge in [-0.1, -0.05) is 25.6 Å². The van der Waals surface area contributed by atoms with Gasteiger partial charge in [0.1, 0.15) is 17.9 Å². The summed E-state index contributed by atoms with van der Waals surface area (Å²) < 4.78 is 5.87. The van der Waals surface area contributed by atoms with Crippen molar-refractivity contribution in [2.75, 3.05) is 80.1 Å². The molecule has 3 saturated heterocycles. The molecule has 0 bridgehead atoms. The van der Waals surface area contributed by atoms with Crippen molar-refractivity contribution >= 4 is 34.6 Å². The van der Waals surface area contributed by atoms with Crippen LogP contribution in [0.3, 0.4) is 0 Å². The Morgan fingerprint density at radius 3 is 2.62 bits per heavy atom. The minimum Gasteiger partial charge on any atom is -0.494 e. The molecule has 3 aliphatic heterocycles. The second-order valence-corrected chi connectivity index (χ2v) is 12.4. The summed E-state index contributed by atoms with van der Waals surface area (Å²) in [5.74, 6) is 1.46. The molecule has 0 aliphatic carbocycles. The Morgan fingerprint density at radius 2 is 1.90 bits per heavy atom. The number of hydrogen-bond donors (Lipinski definition) is 2. The van der Waals surface area contributed by atoms with E-state index in [0.717, 1.165) is 69.8 Å². The minimum absolute atomic E-state index is 0.0922. The van der Waals surface area contributed by atoms with Gasteiger partial charge >= 0.3 is 0 Å². The molecule has 3 aromatic rings. The molecule has 1 amide bonds. The van der Waals surface area contributed by atoms with Crippen molar-refractivity contribution in [2.45, 2.75) is 44.7 Å². The van der Waals surface area contributed by atoms with E-state index in [9.17, 15) is 10.1 Å². The standard InChI is InChI=1S/C36H45N9O3/c1-4-12-42-15-17-43(18-16-42)28-9-13-44(14-10-28)32-22-33(47-3)30(21-29(32)41-36(46)5-2)40-34-23-35(39-25-38-34)45-31(11-19-48-45)27-8-6-7-26(20-27)24-37/h5-8,20-23,25,28,31H,2,4,9-19H2,1,3H3,(H,41,46)(H,38,39,40). The van der Waals surface area contributed by atoms with Crippen LogP contribution < -0.4 is 25.3 Å². The fourth-order valence-corrected chi connectivity index (χ4v) is 7.01. The van der Waals surface area contributed by atoms with Crippen LogP contribution in [0, 0.1) is 11.3 Å². The molecule has 48 heavy (non-hydrogen) atoms. The van der Waals surface area contributed by atoms with Gasteiger partial charge in [0.15, 0.2) is 5.82 Å². The zero-order valence-corrected chi connectivity index (χ0v) is 27.9. The van der Waals surface area contributed by atoms with Crippen LogP contribution in [0.4, 0.5) is 28.7 Å². The number of rotatable bonds is 11. The van der Waals surface area contributed by atoms with Crippen molar-refractivity contribution in [3.8, 4) is 11.8 Å². The lowest BCUT2D eigenvalue weighted by Gasteiger charge is -2.43. The van der Waals surface area contributed by atoms with Gasteiger partial charge in [-0.3, -0.25) is 14.5 Å². The van der Waals surface area contributed by atoms with Crippen LogP contribution in [0.1, 0.15) is 49.8 Å². The molecule has 0 radical (unpaired) electrons. The van der Waals surface area contributed by atoms with E-state index in [1.165, 1.54) is 25.4 Å². The van der Waals surface area contributed by atoms with E-state index in [0.29, 0.717) is 47.0 Å². The first-order chi connectivity index (χ1) is 23.5. The number of hydrogen-bond acceptors (Lipinski definition) is 11. The van der Waals surface area contributed by atoms with Gasteiger partial charge in [-0.2, -0.15) is 5.26 Å². The number of methoxy groups -OCH3 is 1. The van der Waals surface area contributed by atoms with Crippen LogP contribution in [0.15, 0.2) is 61.4 Å². The lowest BCUT2D eigenvalue weighted by molar-refractivity contribution is -0.111. The maximum Gasteiger partial charge on any atom is 0.247 e. The third-order valence-electron chi connectivity index (χ3n) is 9.48. The molecule has 6 rings (SSSR count). The first kappa shape index (κ1) is 33.2. The molecule has 1 atom stereocenters. The van der Waals surface area contributed by atoms with Crippen LogP contribution in [-0.4, -0.2) is 91.2 Å². The highest BCUT2D eigenvalue weighted by Gasteiger charge is 2.31. The maximum atomic E-state index is 12.6. The predicted octanol–water partition coefficient (Wildman–Crippen LogP) is 5.10. The Kier molecular flexibility index (Phi) is 10.7. The molecule has 2 N–H and O–H groups in total. The zero-order chi connectivity index (χ0) is 33.5. The summed E-state index contributed by atoms with van der Waals surface area (Å²) >= 11 is 0. The molecule has 3 aliphatic rings. The fraction of sp³-hybridized carbons (Fsp3) is 0.444. The van der Waals surface area contributed by atoms with E-state index in [4.69, 9.17) is 9.57 Å². The number of anilines is 5. The molecule has 252 valence electrons. The quantitative estimate of drug-likeness (QED) is 0.269. The largest absolute Gasteiger partial charge is 0.494 e. The summed E-state index contributed by atoms with van der Waals surface area (Å²) in [6, 6.07) is 15.9. The summed E-state index contributed by atoms with van der Waals surface area (Å²) in [7, 11) is 1.64. The molecule has 1 unspecified atom stereocenters. The maximum absolute atomic E-state index is 12.6. The monoisotopic (exact) mass is 651 g/mol. The summed E-state index contributed by atoms with van der Waals surface area (Å²) in [5.41, 5.74) is 3.81. The van der Waals surface area contributed by atoms with Gasteiger partial charge < -0.3 is 25.2 Å². The molecule has 2 aromatic carbocycles. The number of nitrogens with one attached hydrogen (secondary N) is 2. The number of carbonyl (C=O) groups excluding carboxylic acids is 1. The van der Waals surface area contributed by atoms with E-state index in [2.05, 4.69) is 54.9 Å². The summed E-state index contributed by atoms with van der Waals surface area (Å²) in [5, 5.41) is 17.6.